The van der Waals surface area contributed by atoms with Crippen molar-refractivity contribution < 1.29 is 4.42 Å². The lowest BCUT2D eigenvalue weighted by atomic mass is 10.0. The van der Waals surface area contributed by atoms with E-state index < -0.39 is 8.07 Å². The Morgan fingerprint density at radius 1 is 0.349 bits per heavy atom. The van der Waals surface area contributed by atoms with Gasteiger partial charge >= 0.3 is 0 Å². The first-order chi connectivity index (χ1) is 31.2. The Bertz CT molecular complexity index is 3530. The first-order valence-electron chi connectivity index (χ1n) is 21.3. The van der Waals surface area contributed by atoms with Gasteiger partial charge in [-0.25, -0.2) is 4.98 Å². The Labute approximate surface area is 365 Å². The van der Waals surface area contributed by atoms with Gasteiger partial charge in [-0.2, -0.15) is 9.97 Å². The Kier molecular flexibility index (Phi) is 8.76. The van der Waals surface area contributed by atoms with Gasteiger partial charge in [-0.15, -0.1) is 0 Å². The van der Waals surface area contributed by atoms with Crippen LogP contribution in [0, 0.1) is 0 Å². The molecule has 3 aromatic heterocycles. The number of para-hydroxylation sites is 3. The molecule has 0 saturated carbocycles. The summed E-state index contributed by atoms with van der Waals surface area (Å²) < 4.78 is 8.69. The minimum atomic E-state index is -2.82. The van der Waals surface area contributed by atoms with Crippen LogP contribution in [0.5, 0.6) is 0 Å². The maximum absolute atomic E-state index is 6.50. The second-order valence-corrected chi connectivity index (χ2v) is 19.8. The average Bonchev–Trinajstić information content (AvgIpc) is 3.91. The van der Waals surface area contributed by atoms with E-state index in [1.807, 2.05) is 30.3 Å². The monoisotopic (exact) mass is 822 g/mol. The molecule has 0 spiro atoms. The van der Waals surface area contributed by atoms with E-state index in [-0.39, 0.29) is 0 Å². The highest BCUT2D eigenvalue weighted by molar-refractivity contribution is 7.19. The van der Waals surface area contributed by atoms with Gasteiger partial charge in [0.15, 0.2) is 19.7 Å². The van der Waals surface area contributed by atoms with E-state index in [0.717, 1.165) is 66.0 Å². The van der Waals surface area contributed by atoms with Crippen molar-refractivity contribution in [3.05, 3.63) is 231 Å². The Hall–Kier alpha value is -8.19. The van der Waals surface area contributed by atoms with E-state index in [1.54, 1.807) is 0 Å². The summed E-state index contributed by atoms with van der Waals surface area (Å²) in [7, 11) is -2.82. The van der Waals surface area contributed by atoms with Crippen LogP contribution in [0.25, 0.3) is 83.6 Å². The fourth-order valence-electron chi connectivity index (χ4n) is 9.60. The summed E-state index contributed by atoms with van der Waals surface area (Å²) in [6.45, 7) is 0. The van der Waals surface area contributed by atoms with Crippen molar-refractivity contribution in [1.82, 2.24) is 19.5 Å². The molecule has 0 aliphatic rings. The van der Waals surface area contributed by atoms with Crippen LogP contribution >= 0.6 is 0 Å². The van der Waals surface area contributed by atoms with Gasteiger partial charge in [0.05, 0.1) is 11.0 Å². The lowest BCUT2D eigenvalue weighted by Crippen LogP contribution is -2.74. The zero-order valence-corrected chi connectivity index (χ0v) is 35.1. The molecule has 63 heavy (non-hydrogen) atoms. The molecule has 9 aromatic carbocycles. The van der Waals surface area contributed by atoms with Crippen molar-refractivity contribution in [1.29, 1.82) is 0 Å². The SMILES string of the molecule is c1ccc(-c2nc(-c3cccc([Si](c4ccccc4)(c4ccccc4)c4ccccc4)c3)nc(-n3c4ccccc4c4cc(-c5cccc6c5oc5ccccc56)ccc43)n2)cc1. The van der Waals surface area contributed by atoms with E-state index in [0.29, 0.717) is 17.6 Å². The molecule has 296 valence electrons. The van der Waals surface area contributed by atoms with Crippen molar-refractivity contribution >= 4 is 72.6 Å². The molecular formula is C57H38N4OSi. The van der Waals surface area contributed by atoms with Gasteiger partial charge in [-0.05, 0) is 50.6 Å². The summed E-state index contributed by atoms with van der Waals surface area (Å²) in [6, 6.07) is 81.9. The van der Waals surface area contributed by atoms with Gasteiger partial charge in [0, 0.05) is 38.2 Å². The third kappa shape index (κ3) is 6.03. The van der Waals surface area contributed by atoms with Crippen molar-refractivity contribution in [2.45, 2.75) is 0 Å². The van der Waals surface area contributed by atoms with Crippen LogP contribution in [0.15, 0.2) is 235 Å². The molecule has 0 atom stereocenters. The number of fused-ring (bicyclic) bond motifs is 6. The third-order valence-electron chi connectivity index (χ3n) is 12.4. The number of hydrogen-bond acceptors (Lipinski definition) is 4. The molecule has 0 radical (unpaired) electrons. The van der Waals surface area contributed by atoms with Crippen LogP contribution in [-0.2, 0) is 0 Å². The number of furan rings is 1. The van der Waals surface area contributed by atoms with Gasteiger partial charge in [-0.1, -0.05) is 206 Å². The van der Waals surface area contributed by atoms with Crippen LogP contribution in [0.2, 0.25) is 0 Å². The fraction of sp³-hybridized carbons (Fsp3) is 0. The summed E-state index contributed by atoms with van der Waals surface area (Å²) in [6.07, 6.45) is 0. The lowest BCUT2D eigenvalue weighted by Gasteiger charge is -2.34. The Morgan fingerprint density at radius 2 is 0.873 bits per heavy atom. The van der Waals surface area contributed by atoms with Crippen LogP contribution in [0.3, 0.4) is 0 Å². The molecule has 5 nitrogen and oxygen atoms in total. The number of rotatable bonds is 8. The topological polar surface area (TPSA) is 56.7 Å². The number of nitrogens with zero attached hydrogens (tertiary/aromatic N) is 4. The smallest absolute Gasteiger partial charge is 0.238 e. The number of aromatic nitrogens is 4. The lowest BCUT2D eigenvalue weighted by molar-refractivity contribution is 0.670. The number of benzene rings is 9. The zero-order valence-electron chi connectivity index (χ0n) is 34.1. The van der Waals surface area contributed by atoms with Crippen molar-refractivity contribution in [2.24, 2.45) is 0 Å². The highest BCUT2D eigenvalue weighted by Gasteiger charge is 2.41. The summed E-state index contributed by atoms with van der Waals surface area (Å²) in [4.78, 5) is 15.9. The van der Waals surface area contributed by atoms with E-state index in [4.69, 9.17) is 19.4 Å². The van der Waals surface area contributed by atoms with Crippen LogP contribution in [-0.4, -0.2) is 27.6 Å². The number of hydrogen-bond donors (Lipinski definition) is 0. The van der Waals surface area contributed by atoms with E-state index in [2.05, 4.69) is 205 Å². The van der Waals surface area contributed by atoms with Crippen LogP contribution in [0.4, 0.5) is 0 Å². The highest BCUT2D eigenvalue weighted by Crippen LogP contribution is 2.39. The summed E-state index contributed by atoms with van der Waals surface area (Å²) >= 11 is 0. The second-order valence-electron chi connectivity index (χ2n) is 15.9. The van der Waals surface area contributed by atoms with Gasteiger partial charge < -0.3 is 4.42 Å². The van der Waals surface area contributed by atoms with E-state index in [1.165, 1.54) is 20.7 Å². The molecule has 6 heteroatoms. The van der Waals surface area contributed by atoms with Gasteiger partial charge in [0.2, 0.25) is 5.95 Å². The normalized spacial score (nSPS) is 11.8. The quantitative estimate of drug-likeness (QED) is 0.113. The molecule has 0 N–H and O–H groups in total. The predicted octanol–water partition coefficient (Wildman–Crippen LogP) is 11.2. The molecule has 12 rings (SSSR count). The molecule has 12 aromatic rings. The maximum atomic E-state index is 6.50. The molecular weight excluding hydrogens is 785 g/mol. The summed E-state index contributed by atoms with van der Waals surface area (Å²) in [5.74, 6) is 1.77. The maximum Gasteiger partial charge on any atom is 0.238 e. The van der Waals surface area contributed by atoms with Crippen LogP contribution < -0.4 is 20.7 Å². The first kappa shape index (κ1) is 36.6. The standard InChI is InChI=1S/C57H38N4OSi/c1-5-19-39(20-6-1)55-58-56(41-21-17-28-45(37-41)63(42-22-7-2-8-23-42,43-24-9-3-10-25-43)44-26-11-4-12-27-44)60-57(59-55)61-51-33-15-13-29-47(51)50-38-40(35-36-52(50)61)46-31-18-32-49-48-30-14-16-34-53(48)62-54(46)49/h1-38H. The molecule has 0 fully saturated rings. The van der Waals surface area contributed by atoms with Crippen molar-refractivity contribution in [3.8, 4) is 39.9 Å². The Morgan fingerprint density at radius 3 is 1.57 bits per heavy atom. The molecule has 0 amide bonds. The van der Waals surface area contributed by atoms with Gasteiger partial charge in [0.25, 0.3) is 0 Å². The predicted molar refractivity (Wildman–Crippen MR) is 261 cm³/mol. The first-order valence-corrected chi connectivity index (χ1v) is 23.3. The van der Waals surface area contributed by atoms with Crippen molar-refractivity contribution in [3.63, 3.8) is 0 Å². The minimum Gasteiger partial charge on any atom is -0.455 e. The second kappa shape index (κ2) is 15.1. The molecule has 0 unspecified atom stereocenters. The van der Waals surface area contributed by atoms with Crippen LogP contribution in [0.1, 0.15) is 0 Å². The third-order valence-corrected chi connectivity index (χ3v) is 17.2. The van der Waals surface area contributed by atoms with Crippen molar-refractivity contribution in [2.75, 3.05) is 0 Å². The average molecular weight is 823 g/mol. The summed E-state index contributed by atoms with van der Waals surface area (Å²) in [5, 5.41) is 9.61. The van der Waals surface area contributed by atoms with E-state index in [9.17, 15) is 0 Å². The molecule has 0 bridgehead atoms. The zero-order chi connectivity index (χ0) is 41.7. The van der Waals surface area contributed by atoms with E-state index >= 15 is 0 Å². The Balaban J connectivity index is 1.08. The highest BCUT2D eigenvalue weighted by atomic mass is 28.3. The molecule has 0 aliphatic heterocycles. The largest absolute Gasteiger partial charge is 0.455 e. The minimum absolute atomic E-state index is 0.556. The summed E-state index contributed by atoms with van der Waals surface area (Å²) in [5.41, 5.74) is 7.77. The molecule has 3 heterocycles. The molecule has 0 aliphatic carbocycles. The fourth-order valence-corrected chi connectivity index (χ4v) is 14.4. The van der Waals surface area contributed by atoms with Gasteiger partial charge in [-0.3, -0.25) is 4.57 Å². The van der Waals surface area contributed by atoms with Gasteiger partial charge in [0.1, 0.15) is 11.2 Å². The molecule has 0 saturated heterocycles.